The Morgan fingerprint density at radius 1 is 1.38 bits per heavy atom. The highest BCUT2D eigenvalue weighted by atomic mass is 16.2. The Labute approximate surface area is 143 Å². The second-order valence-corrected chi connectivity index (χ2v) is 6.77. The Bertz CT molecular complexity index is 626. The molecule has 0 bridgehead atoms. The van der Waals surface area contributed by atoms with Crippen molar-refractivity contribution in [1.29, 1.82) is 0 Å². The molecule has 3 rings (SSSR count). The van der Waals surface area contributed by atoms with Crippen LogP contribution in [0.1, 0.15) is 30.5 Å². The summed E-state index contributed by atoms with van der Waals surface area (Å²) in [4.78, 5) is 29.0. The lowest BCUT2D eigenvalue weighted by Gasteiger charge is -2.26. The van der Waals surface area contributed by atoms with E-state index >= 15 is 0 Å². The maximum atomic E-state index is 13.1. The Hall–Kier alpha value is -1.89. The summed E-state index contributed by atoms with van der Waals surface area (Å²) in [5.74, 6) is 0.170. The molecule has 0 unspecified atom stereocenters. The second-order valence-electron chi connectivity index (χ2n) is 6.77. The van der Waals surface area contributed by atoms with Gasteiger partial charge >= 0.3 is 0 Å². The Balaban J connectivity index is 1.76. The van der Waals surface area contributed by atoms with Gasteiger partial charge in [0, 0.05) is 51.4 Å². The fourth-order valence-corrected chi connectivity index (χ4v) is 3.82. The van der Waals surface area contributed by atoms with E-state index in [1.54, 1.807) is 4.90 Å². The normalized spacial score (nSPS) is 25.2. The number of carbonyl (C=O) groups excluding carboxylic acids is 2. The molecule has 2 aliphatic heterocycles. The van der Waals surface area contributed by atoms with Gasteiger partial charge in [-0.05, 0) is 25.8 Å². The summed E-state index contributed by atoms with van der Waals surface area (Å²) in [7, 11) is 1.92. The van der Waals surface area contributed by atoms with Gasteiger partial charge in [0.25, 0.3) is 0 Å². The molecule has 3 heterocycles. The van der Waals surface area contributed by atoms with Crippen LogP contribution in [0.5, 0.6) is 0 Å². The van der Waals surface area contributed by atoms with Crippen LogP contribution in [0.15, 0.2) is 6.20 Å². The lowest BCUT2D eigenvalue weighted by Crippen LogP contribution is -2.43. The number of rotatable bonds is 3. The molecular weight excluding hydrogens is 306 g/mol. The van der Waals surface area contributed by atoms with Gasteiger partial charge in [0.1, 0.15) is 0 Å². The number of aromatic nitrogens is 2. The summed E-state index contributed by atoms with van der Waals surface area (Å²) in [6.45, 7) is 7.80. The Morgan fingerprint density at radius 3 is 2.83 bits per heavy atom. The molecule has 2 atom stereocenters. The van der Waals surface area contributed by atoms with Crippen molar-refractivity contribution in [1.82, 2.24) is 24.9 Å². The van der Waals surface area contributed by atoms with Gasteiger partial charge in [-0.1, -0.05) is 0 Å². The third-order valence-electron chi connectivity index (χ3n) is 5.43. The van der Waals surface area contributed by atoms with Crippen LogP contribution >= 0.6 is 0 Å². The largest absolute Gasteiger partial charge is 0.341 e. The van der Waals surface area contributed by atoms with Crippen LogP contribution in [0.2, 0.25) is 0 Å². The fraction of sp³-hybridized carbons (Fsp3) is 0.706. The first-order chi connectivity index (χ1) is 11.5. The van der Waals surface area contributed by atoms with Crippen molar-refractivity contribution in [2.45, 2.75) is 26.2 Å². The van der Waals surface area contributed by atoms with Crippen LogP contribution in [-0.2, 0) is 16.6 Å². The summed E-state index contributed by atoms with van der Waals surface area (Å²) in [6, 6.07) is 0. The molecule has 1 aromatic heterocycles. The van der Waals surface area contributed by atoms with Crippen molar-refractivity contribution < 1.29 is 9.59 Å². The number of carbonyl (C=O) groups is 2. The lowest BCUT2D eigenvalue weighted by molar-refractivity contribution is -0.141. The molecule has 0 radical (unpaired) electrons. The summed E-state index contributed by atoms with van der Waals surface area (Å²) >= 11 is 0. The molecule has 2 aliphatic rings. The molecule has 2 amide bonds. The van der Waals surface area contributed by atoms with Crippen molar-refractivity contribution in [2.75, 3.05) is 39.3 Å². The zero-order chi connectivity index (χ0) is 17.3. The van der Waals surface area contributed by atoms with E-state index in [0.29, 0.717) is 19.6 Å². The van der Waals surface area contributed by atoms with Crippen LogP contribution in [0.3, 0.4) is 0 Å². The number of hydrogen-bond acceptors (Lipinski definition) is 4. The first kappa shape index (κ1) is 17.0. The van der Waals surface area contributed by atoms with Crippen molar-refractivity contribution in [3.63, 3.8) is 0 Å². The van der Waals surface area contributed by atoms with Gasteiger partial charge in [-0.25, -0.2) is 0 Å². The highest BCUT2D eigenvalue weighted by molar-refractivity contribution is 5.87. The topological polar surface area (TPSA) is 70.5 Å². The Kier molecular flexibility index (Phi) is 4.89. The number of nitrogens with one attached hydrogen (secondary N) is 1. The minimum atomic E-state index is -0.117. The van der Waals surface area contributed by atoms with Gasteiger partial charge in [-0.3, -0.25) is 14.3 Å². The molecule has 0 aliphatic carbocycles. The highest BCUT2D eigenvalue weighted by Gasteiger charge is 2.39. The van der Waals surface area contributed by atoms with Crippen molar-refractivity contribution in [3.05, 3.63) is 17.5 Å². The molecule has 7 heteroatoms. The van der Waals surface area contributed by atoms with Gasteiger partial charge in [-0.15, -0.1) is 0 Å². The van der Waals surface area contributed by atoms with E-state index in [-0.39, 0.29) is 30.2 Å². The van der Waals surface area contributed by atoms with Crippen molar-refractivity contribution in [2.24, 2.45) is 13.0 Å². The minimum Gasteiger partial charge on any atom is -0.341 e. The van der Waals surface area contributed by atoms with Crippen LogP contribution < -0.4 is 5.32 Å². The van der Waals surface area contributed by atoms with Crippen LogP contribution in [-0.4, -0.2) is 70.7 Å². The Morgan fingerprint density at radius 2 is 2.17 bits per heavy atom. The first-order valence-corrected chi connectivity index (χ1v) is 8.78. The fourth-order valence-electron chi connectivity index (χ4n) is 3.82. The zero-order valence-corrected chi connectivity index (χ0v) is 14.8. The maximum Gasteiger partial charge on any atom is 0.242 e. The van der Waals surface area contributed by atoms with Crippen molar-refractivity contribution >= 4 is 11.8 Å². The third kappa shape index (κ3) is 3.05. The smallest absolute Gasteiger partial charge is 0.242 e. The van der Waals surface area contributed by atoms with E-state index in [0.717, 1.165) is 30.8 Å². The second kappa shape index (κ2) is 6.93. The first-order valence-electron chi connectivity index (χ1n) is 8.78. The summed E-state index contributed by atoms with van der Waals surface area (Å²) in [5, 5.41) is 7.66. The summed E-state index contributed by atoms with van der Waals surface area (Å²) < 4.78 is 1.85. The van der Waals surface area contributed by atoms with E-state index in [2.05, 4.69) is 10.4 Å². The minimum absolute atomic E-state index is 0.0587. The molecule has 0 aromatic carbocycles. The zero-order valence-electron chi connectivity index (χ0n) is 14.8. The standard InChI is InChI=1S/C17H27N5O2/c1-4-21-6-5-7-22(11-16(21)23)17(24)15-9-18-8-14(15)13-10-19-20(3)12(13)2/h10,14-15,18H,4-9,11H2,1-3H3/t14-,15+/m1/s1. The average Bonchev–Trinajstić information content (AvgIpc) is 3.11. The lowest BCUT2D eigenvalue weighted by atomic mass is 9.88. The number of amides is 2. The number of likely N-dealkylation sites (N-methyl/N-ethyl adjacent to an activating group) is 1. The SMILES string of the molecule is CCN1CCCN(C(=O)[C@H]2CNC[C@@H]2c2cnn(C)c2C)CC1=O. The van der Waals surface area contributed by atoms with Crippen LogP contribution in [0.25, 0.3) is 0 Å². The maximum absolute atomic E-state index is 13.1. The molecule has 0 spiro atoms. The molecule has 132 valence electrons. The summed E-state index contributed by atoms with van der Waals surface area (Å²) in [5.41, 5.74) is 2.24. The van der Waals surface area contributed by atoms with E-state index in [1.165, 1.54) is 0 Å². The monoisotopic (exact) mass is 333 g/mol. The van der Waals surface area contributed by atoms with Crippen molar-refractivity contribution in [3.8, 4) is 0 Å². The highest BCUT2D eigenvalue weighted by Crippen LogP contribution is 2.31. The van der Waals surface area contributed by atoms with Gasteiger partial charge in [0.15, 0.2) is 0 Å². The summed E-state index contributed by atoms with van der Waals surface area (Å²) in [6.07, 6.45) is 2.72. The molecule has 2 fully saturated rings. The molecule has 1 aromatic rings. The predicted octanol–water partition coefficient (Wildman–Crippen LogP) is 0.112. The van der Waals surface area contributed by atoms with E-state index in [9.17, 15) is 9.59 Å². The number of nitrogens with zero attached hydrogens (tertiary/aromatic N) is 4. The molecule has 1 N–H and O–H groups in total. The molecule has 2 saturated heterocycles. The van der Waals surface area contributed by atoms with E-state index < -0.39 is 0 Å². The van der Waals surface area contributed by atoms with Gasteiger partial charge in [0.2, 0.25) is 11.8 Å². The van der Waals surface area contributed by atoms with E-state index in [4.69, 9.17) is 0 Å². The predicted molar refractivity (Wildman–Crippen MR) is 90.5 cm³/mol. The van der Waals surface area contributed by atoms with Gasteiger partial charge in [0.05, 0.1) is 18.7 Å². The van der Waals surface area contributed by atoms with Gasteiger partial charge in [-0.2, -0.15) is 5.10 Å². The molecule has 24 heavy (non-hydrogen) atoms. The third-order valence-corrected chi connectivity index (χ3v) is 5.43. The quantitative estimate of drug-likeness (QED) is 0.852. The van der Waals surface area contributed by atoms with Crippen LogP contribution in [0, 0.1) is 12.8 Å². The molecule has 0 saturated carbocycles. The molecule has 7 nitrogen and oxygen atoms in total. The number of aryl methyl sites for hydroxylation is 1. The average molecular weight is 333 g/mol. The van der Waals surface area contributed by atoms with Gasteiger partial charge < -0.3 is 15.1 Å². The van der Waals surface area contributed by atoms with E-state index in [1.807, 2.05) is 36.7 Å². The molecular formula is C17H27N5O2. The number of hydrogen-bond donors (Lipinski definition) is 1. The van der Waals surface area contributed by atoms with Crippen LogP contribution in [0.4, 0.5) is 0 Å².